The first-order valence-corrected chi connectivity index (χ1v) is 9.86. The summed E-state index contributed by atoms with van der Waals surface area (Å²) in [5.74, 6) is 0. The van der Waals surface area contributed by atoms with E-state index in [-0.39, 0.29) is 42.6 Å². The van der Waals surface area contributed by atoms with Crippen LogP contribution in [0.15, 0.2) is 0 Å². The summed E-state index contributed by atoms with van der Waals surface area (Å²) in [6.45, 7) is 11.0. The molecule has 0 amide bonds. The number of hydrogen-bond acceptors (Lipinski definition) is 0. The second-order valence-corrected chi connectivity index (χ2v) is 7.58. The third-order valence-corrected chi connectivity index (χ3v) is 5.92. The van der Waals surface area contributed by atoms with Crippen LogP contribution in [0.1, 0.15) is 98.4 Å². The summed E-state index contributed by atoms with van der Waals surface area (Å²) in [5.41, 5.74) is 15.1. The number of hydrogen-bond donors (Lipinski definition) is 0. The Kier molecular flexibility index (Phi) is 20.3. The molecule has 0 aromatic heterocycles. The van der Waals surface area contributed by atoms with E-state index in [9.17, 15) is 0 Å². The third kappa shape index (κ3) is 11.0. The summed E-state index contributed by atoms with van der Waals surface area (Å²) in [6, 6.07) is 0.249. The van der Waals surface area contributed by atoms with Crippen LogP contribution in [0.3, 0.4) is 0 Å². The van der Waals surface area contributed by atoms with Crippen molar-refractivity contribution in [2.75, 3.05) is 0 Å². The van der Waals surface area contributed by atoms with Crippen LogP contribution in [-0.2, 0) is 21.7 Å². The average molecular weight is 395 g/mol. The minimum atomic E-state index is 0. The van der Waals surface area contributed by atoms with E-state index < -0.39 is 0 Å². The topological polar surface area (TPSA) is 23.8 Å². The first-order valence-electron chi connectivity index (χ1n) is 9.86. The van der Waals surface area contributed by atoms with Gasteiger partial charge in [0.1, 0.15) is 0 Å². The fourth-order valence-corrected chi connectivity index (χ4v) is 3.57. The molecule has 1 aliphatic carbocycles. The molecule has 2 heteroatoms. The molecule has 0 spiro atoms. The molecule has 1 aliphatic rings. The monoisotopic (exact) mass is 395 g/mol. The standard InChI is InChI=1S/C12H24N.C10H15.2CH3.Ti/c13-12-10-8-6-4-2-1-3-5-7-9-11-12;1-6-7(2)9(4)10(5)8(6)3;;;/h12-13H,1-11H2;1-5H3;2*1H3;/q4*-1;+4. The molecule has 150 valence electrons. The van der Waals surface area contributed by atoms with Gasteiger partial charge < -0.3 is 20.6 Å². The van der Waals surface area contributed by atoms with Gasteiger partial charge in [0.15, 0.2) is 0 Å². The fourth-order valence-electron chi connectivity index (χ4n) is 3.57. The maximum absolute atomic E-state index is 7.80. The van der Waals surface area contributed by atoms with Crippen LogP contribution in [0.2, 0.25) is 0 Å². The predicted molar refractivity (Wildman–Crippen MR) is 117 cm³/mol. The molecule has 2 rings (SSSR count). The zero-order valence-electron chi connectivity index (χ0n) is 18.9. The van der Waals surface area contributed by atoms with Gasteiger partial charge in [-0.25, -0.2) is 0 Å². The molecule has 0 heterocycles. The van der Waals surface area contributed by atoms with Gasteiger partial charge in [0.05, 0.1) is 0 Å². The Morgan fingerprint density at radius 3 is 1.15 bits per heavy atom. The van der Waals surface area contributed by atoms with E-state index >= 15 is 0 Å². The van der Waals surface area contributed by atoms with E-state index in [1.807, 2.05) is 0 Å². The Hall–Kier alpha value is 0.0243. The van der Waals surface area contributed by atoms with Crippen molar-refractivity contribution in [2.45, 2.75) is 111 Å². The molecule has 1 nitrogen and oxygen atoms in total. The minimum Gasteiger partial charge on any atom is -0.675 e. The molecule has 1 aromatic rings. The van der Waals surface area contributed by atoms with Crippen LogP contribution >= 0.6 is 0 Å². The van der Waals surface area contributed by atoms with Gasteiger partial charge in [0, 0.05) is 0 Å². The normalized spacial score (nSPS) is 16.4. The maximum atomic E-state index is 7.80. The molecular formula is C24H45NTi. The molecule has 1 saturated carbocycles. The van der Waals surface area contributed by atoms with E-state index in [0.717, 1.165) is 12.8 Å². The van der Waals surface area contributed by atoms with Crippen molar-refractivity contribution >= 4 is 0 Å². The van der Waals surface area contributed by atoms with Gasteiger partial charge in [0.2, 0.25) is 0 Å². The molecule has 1 aromatic carbocycles. The fraction of sp³-hybridized carbons (Fsp3) is 0.708. The molecule has 0 saturated heterocycles. The Morgan fingerprint density at radius 1 is 0.654 bits per heavy atom. The number of rotatable bonds is 0. The zero-order valence-corrected chi connectivity index (χ0v) is 20.4. The summed E-state index contributed by atoms with van der Waals surface area (Å²) >= 11 is 0. The van der Waals surface area contributed by atoms with Crippen molar-refractivity contribution in [2.24, 2.45) is 0 Å². The van der Waals surface area contributed by atoms with Crippen molar-refractivity contribution in [3.63, 3.8) is 0 Å². The minimum absolute atomic E-state index is 0. The molecule has 0 unspecified atom stereocenters. The summed E-state index contributed by atoms with van der Waals surface area (Å²) in [4.78, 5) is 0. The summed E-state index contributed by atoms with van der Waals surface area (Å²) in [6.07, 6.45) is 14.8. The van der Waals surface area contributed by atoms with Crippen LogP contribution in [-0.4, -0.2) is 6.04 Å². The largest absolute Gasteiger partial charge is 4.00 e. The van der Waals surface area contributed by atoms with Gasteiger partial charge in [-0.05, 0) is 0 Å². The van der Waals surface area contributed by atoms with Crippen LogP contribution in [0, 0.1) is 49.5 Å². The van der Waals surface area contributed by atoms with E-state index in [1.54, 1.807) is 0 Å². The molecule has 1 N–H and O–H groups in total. The van der Waals surface area contributed by atoms with E-state index in [0.29, 0.717) is 0 Å². The molecule has 0 radical (unpaired) electrons. The first kappa shape index (κ1) is 30.7. The van der Waals surface area contributed by atoms with Gasteiger partial charge in [0.25, 0.3) is 0 Å². The summed E-state index contributed by atoms with van der Waals surface area (Å²) < 4.78 is 0. The Labute approximate surface area is 181 Å². The van der Waals surface area contributed by atoms with Crippen LogP contribution in [0.4, 0.5) is 0 Å². The Bertz CT molecular complexity index is 355. The second kappa shape index (κ2) is 17.1. The van der Waals surface area contributed by atoms with Crippen molar-refractivity contribution in [3.05, 3.63) is 48.4 Å². The molecule has 1 fully saturated rings. The summed E-state index contributed by atoms with van der Waals surface area (Å²) in [5, 5.41) is 0. The smallest absolute Gasteiger partial charge is 0.675 e. The van der Waals surface area contributed by atoms with Crippen LogP contribution in [0.25, 0.3) is 5.73 Å². The average Bonchev–Trinajstić information content (AvgIpc) is 2.69. The van der Waals surface area contributed by atoms with E-state index in [1.165, 1.54) is 85.6 Å². The Balaban J connectivity index is -0.000000374. The second-order valence-electron chi connectivity index (χ2n) is 7.58. The third-order valence-electron chi connectivity index (χ3n) is 5.92. The van der Waals surface area contributed by atoms with Crippen molar-refractivity contribution in [3.8, 4) is 0 Å². The summed E-state index contributed by atoms with van der Waals surface area (Å²) in [7, 11) is 0. The van der Waals surface area contributed by atoms with Gasteiger partial charge in [-0.2, -0.15) is 27.8 Å². The van der Waals surface area contributed by atoms with E-state index in [2.05, 4.69) is 34.6 Å². The molecule has 0 aliphatic heterocycles. The van der Waals surface area contributed by atoms with Crippen LogP contribution in [0.5, 0.6) is 0 Å². The zero-order chi connectivity index (χ0) is 17.2. The Morgan fingerprint density at radius 2 is 0.923 bits per heavy atom. The number of nitrogens with one attached hydrogen (secondary N) is 1. The maximum Gasteiger partial charge on any atom is 4.00 e. The van der Waals surface area contributed by atoms with E-state index in [4.69, 9.17) is 5.73 Å². The molecule has 26 heavy (non-hydrogen) atoms. The first-order chi connectivity index (χ1) is 10.9. The van der Waals surface area contributed by atoms with Crippen molar-refractivity contribution in [1.29, 1.82) is 0 Å². The molecule has 0 atom stereocenters. The van der Waals surface area contributed by atoms with Crippen molar-refractivity contribution in [1.82, 2.24) is 0 Å². The van der Waals surface area contributed by atoms with Gasteiger partial charge >= 0.3 is 21.7 Å². The molecular weight excluding hydrogens is 350 g/mol. The van der Waals surface area contributed by atoms with Crippen molar-refractivity contribution < 1.29 is 21.7 Å². The van der Waals surface area contributed by atoms with Crippen LogP contribution < -0.4 is 0 Å². The van der Waals surface area contributed by atoms with Gasteiger partial charge in [-0.3, -0.25) is 0 Å². The van der Waals surface area contributed by atoms with Gasteiger partial charge in [-0.15, -0.1) is 6.04 Å². The quantitative estimate of drug-likeness (QED) is 0.310. The SMILES string of the molecule is Cc1c(C)c(C)[c-](C)c1C.[CH3-].[CH3-].[NH-]C1CCCCCCCCCCC1.[Ti+4]. The van der Waals surface area contributed by atoms with Gasteiger partial charge in [-0.1, -0.05) is 105 Å². The molecule has 0 bridgehead atoms. The predicted octanol–water partition coefficient (Wildman–Crippen LogP) is 8.56.